The largest absolute Gasteiger partial charge is 0.250 e. The molecule has 2 rings (SSSR count). The van der Waals surface area contributed by atoms with Crippen LogP contribution in [0, 0.1) is 11.8 Å². The normalized spacial score (nSPS) is 34.8. The van der Waals surface area contributed by atoms with E-state index in [1.807, 2.05) is 11.0 Å². The molecule has 0 aromatic carbocycles. The first-order valence-electron chi connectivity index (χ1n) is 5.11. The maximum Gasteiger partial charge on any atom is 0.137 e. The van der Waals surface area contributed by atoms with Gasteiger partial charge in [0, 0.05) is 0 Å². The third kappa shape index (κ3) is 1.74. The third-order valence-corrected chi connectivity index (χ3v) is 3.38. The Morgan fingerprint density at radius 2 is 2.08 bits per heavy atom. The summed E-state index contributed by atoms with van der Waals surface area (Å²) < 4.78 is 2.02. The van der Waals surface area contributed by atoms with E-state index in [0.717, 1.165) is 11.8 Å². The van der Waals surface area contributed by atoms with Gasteiger partial charge in [0.1, 0.15) is 12.7 Å². The summed E-state index contributed by atoms with van der Waals surface area (Å²) in [4.78, 5) is 3.99. The van der Waals surface area contributed by atoms with E-state index in [4.69, 9.17) is 0 Å². The Labute approximate surface area is 79.2 Å². The topological polar surface area (TPSA) is 30.7 Å². The summed E-state index contributed by atoms with van der Waals surface area (Å²) in [5.74, 6) is 1.70. The van der Waals surface area contributed by atoms with Crippen molar-refractivity contribution in [3.05, 3.63) is 12.7 Å². The minimum absolute atomic E-state index is 0.591. The summed E-state index contributed by atoms with van der Waals surface area (Å²) in [6.45, 7) is 4.69. The molecule has 0 bridgehead atoms. The average molecular weight is 179 g/mol. The smallest absolute Gasteiger partial charge is 0.137 e. The van der Waals surface area contributed by atoms with Crippen LogP contribution in [0.1, 0.15) is 39.2 Å². The van der Waals surface area contributed by atoms with E-state index < -0.39 is 0 Å². The Morgan fingerprint density at radius 3 is 2.69 bits per heavy atom. The Hall–Kier alpha value is -0.860. The van der Waals surface area contributed by atoms with E-state index in [9.17, 15) is 0 Å². The lowest BCUT2D eigenvalue weighted by atomic mass is 9.79. The molecule has 0 N–H and O–H groups in total. The second-order valence-electron chi connectivity index (χ2n) is 4.30. The van der Waals surface area contributed by atoms with Crippen molar-refractivity contribution >= 4 is 0 Å². The van der Waals surface area contributed by atoms with Crippen LogP contribution in [0.25, 0.3) is 0 Å². The van der Waals surface area contributed by atoms with E-state index in [1.54, 1.807) is 6.33 Å². The monoisotopic (exact) mass is 179 g/mol. The maximum absolute atomic E-state index is 4.20. The van der Waals surface area contributed by atoms with Crippen LogP contribution < -0.4 is 0 Å². The van der Waals surface area contributed by atoms with E-state index >= 15 is 0 Å². The molecule has 3 nitrogen and oxygen atoms in total. The van der Waals surface area contributed by atoms with Crippen molar-refractivity contribution < 1.29 is 0 Å². The lowest BCUT2D eigenvalue weighted by Gasteiger charge is -2.31. The van der Waals surface area contributed by atoms with Gasteiger partial charge in [0.2, 0.25) is 0 Å². The van der Waals surface area contributed by atoms with Crippen LogP contribution in [0.3, 0.4) is 0 Å². The molecule has 1 saturated carbocycles. The van der Waals surface area contributed by atoms with Gasteiger partial charge in [-0.2, -0.15) is 5.10 Å². The van der Waals surface area contributed by atoms with Gasteiger partial charge in [-0.25, -0.2) is 9.67 Å². The molecule has 1 aliphatic rings. The van der Waals surface area contributed by atoms with Crippen molar-refractivity contribution in [2.24, 2.45) is 11.8 Å². The zero-order valence-electron chi connectivity index (χ0n) is 8.35. The van der Waals surface area contributed by atoms with Crippen molar-refractivity contribution in [3.8, 4) is 0 Å². The van der Waals surface area contributed by atoms with Gasteiger partial charge in [0.05, 0.1) is 6.04 Å². The van der Waals surface area contributed by atoms with E-state index in [0.29, 0.717) is 6.04 Å². The van der Waals surface area contributed by atoms with Crippen LogP contribution in [-0.2, 0) is 0 Å². The standard InChI is InChI=1S/C10H17N3/c1-8-3-4-10(5-9(8)2)13-7-11-6-12-13/h6-10H,3-5H2,1-2H3. The summed E-state index contributed by atoms with van der Waals surface area (Å²) in [6.07, 6.45) is 7.31. The molecular formula is C10H17N3. The lowest BCUT2D eigenvalue weighted by Crippen LogP contribution is -2.23. The number of aromatic nitrogens is 3. The molecular weight excluding hydrogens is 162 g/mol. The summed E-state index contributed by atoms with van der Waals surface area (Å²) in [6, 6.07) is 0.591. The van der Waals surface area contributed by atoms with E-state index in [-0.39, 0.29) is 0 Å². The van der Waals surface area contributed by atoms with Crippen LogP contribution >= 0.6 is 0 Å². The number of nitrogens with zero attached hydrogens (tertiary/aromatic N) is 3. The quantitative estimate of drug-likeness (QED) is 0.662. The predicted octanol–water partition coefficient (Wildman–Crippen LogP) is 2.28. The van der Waals surface area contributed by atoms with Crippen molar-refractivity contribution in [2.75, 3.05) is 0 Å². The second-order valence-corrected chi connectivity index (χ2v) is 4.30. The molecule has 13 heavy (non-hydrogen) atoms. The summed E-state index contributed by atoms with van der Waals surface area (Å²) in [5.41, 5.74) is 0. The highest BCUT2D eigenvalue weighted by molar-refractivity contribution is 4.79. The predicted molar refractivity (Wildman–Crippen MR) is 51.2 cm³/mol. The molecule has 0 amide bonds. The Balaban J connectivity index is 2.03. The fraction of sp³-hybridized carbons (Fsp3) is 0.800. The van der Waals surface area contributed by atoms with Crippen LogP contribution in [0.2, 0.25) is 0 Å². The van der Waals surface area contributed by atoms with Crippen molar-refractivity contribution in [1.82, 2.24) is 14.8 Å². The van der Waals surface area contributed by atoms with Gasteiger partial charge in [-0.3, -0.25) is 0 Å². The molecule has 1 aliphatic carbocycles. The SMILES string of the molecule is CC1CCC(n2cncn2)CC1C. The molecule has 3 unspecified atom stereocenters. The van der Waals surface area contributed by atoms with Crippen LogP contribution in [0.5, 0.6) is 0 Å². The highest BCUT2D eigenvalue weighted by Gasteiger charge is 2.25. The Bertz CT molecular complexity index is 255. The van der Waals surface area contributed by atoms with Gasteiger partial charge in [-0.15, -0.1) is 0 Å². The molecule has 0 radical (unpaired) electrons. The number of rotatable bonds is 1. The highest BCUT2D eigenvalue weighted by Crippen LogP contribution is 2.35. The minimum atomic E-state index is 0.591. The van der Waals surface area contributed by atoms with Gasteiger partial charge in [0.25, 0.3) is 0 Å². The average Bonchev–Trinajstić information content (AvgIpc) is 2.62. The zero-order valence-corrected chi connectivity index (χ0v) is 8.35. The van der Waals surface area contributed by atoms with Gasteiger partial charge in [0.15, 0.2) is 0 Å². The Kier molecular flexibility index (Phi) is 2.34. The van der Waals surface area contributed by atoms with Crippen LogP contribution in [0.4, 0.5) is 0 Å². The minimum Gasteiger partial charge on any atom is -0.250 e. The summed E-state index contributed by atoms with van der Waals surface area (Å²) >= 11 is 0. The first-order valence-corrected chi connectivity index (χ1v) is 5.11. The van der Waals surface area contributed by atoms with Crippen LogP contribution in [0.15, 0.2) is 12.7 Å². The highest BCUT2D eigenvalue weighted by atomic mass is 15.3. The van der Waals surface area contributed by atoms with Crippen molar-refractivity contribution in [1.29, 1.82) is 0 Å². The molecule has 1 aromatic rings. The lowest BCUT2D eigenvalue weighted by molar-refractivity contribution is 0.200. The third-order valence-electron chi connectivity index (χ3n) is 3.38. The molecule has 3 atom stereocenters. The molecule has 0 aliphatic heterocycles. The van der Waals surface area contributed by atoms with Gasteiger partial charge >= 0.3 is 0 Å². The van der Waals surface area contributed by atoms with Crippen molar-refractivity contribution in [3.63, 3.8) is 0 Å². The first kappa shape index (κ1) is 8.73. The molecule has 3 heteroatoms. The first-order chi connectivity index (χ1) is 6.27. The molecule has 1 heterocycles. The fourth-order valence-electron chi connectivity index (χ4n) is 2.17. The maximum atomic E-state index is 4.20. The van der Waals surface area contributed by atoms with Gasteiger partial charge in [-0.05, 0) is 31.1 Å². The van der Waals surface area contributed by atoms with E-state index in [2.05, 4.69) is 23.9 Å². The molecule has 1 aromatic heterocycles. The summed E-state index contributed by atoms with van der Waals surface area (Å²) in [7, 11) is 0. The van der Waals surface area contributed by atoms with Gasteiger partial charge < -0.3 is 0 Å². The van der Waals surface area contributed by atoms with Gasteiger partial charge in [-0.1, -0.05) is 13.8 Å². The fourth-order valence-corrected chi connectivity index (χ4v) is 2.17. The second kappa shape index (κ2) is 3.48. The van der Waals surface area contributed by atoms with Crippen LogP contribution in [-0.4, -0.2) is 14.8 Å². The van der Waals surface area contributed by atoms with E-state index in [1.165, 1.54) is 19.3 Å². The number of hydrogen-bond acceptors (Lipinski definition) is 2. The van der Waals surface area contributed by atoms with Crippen molar-refractivity contribution in [2.45, 2.75) is 39.2 Å². The Morgan fingerprint density at radius 1 is 1.23 bits per heavy atom. The molecule has 1 fully saturated rings. The number of hydrogen-bond donors (Lipinski definition) is 0. The molecule has 72 valence electrons. The molecule has 0 spiro atoms. The zero-order chi connectivity index (χ0) is 9.26. The molecule has 0 saturated heterocycles. The summed E-state index contributed by atoms with van der Waals surface area (Å²) in [5, 5.41) is 4.20.